The number of aliphatic hydroxyl groups is 1. The first-order valence-corrected chi connectivity index (χ1v) is 6.61. The van der Waals surface area contributed by atoms with Crippen molar-refractivity contribution in [1.82, 2.24) is 4.90 Å². The van der Waals surface area contributed by atoms with E-state index in [-0.39, 0.29) is 18.2 Å². The third-order valence-electron chi connectivity index (χ3n) is 3.87. The van der Waals surface area contributed by atoms with Crippen molar-refractivity contribution < 1.29 is 14.6 Å². The molecule has 0 radical (unpaired) electrons. The highest BCUT2D eigenvalue weighted by atomic mass is 16.7. The van der Waals surface area contributed by atoms with Crippen molar-refractivity contribution >= 4 is 0 Å². The average Bonchev–Trinajstić information content (AvgIpc) is 2.87. The molecule has 0 unspecified atom stereocenters. The lowest BCUT2D eigenvalue weighted by molar-refractivity contribution is -0.0694. The van der Waals surface area contributed by atoms with Crippen LogP contribution in [0.5, 0.6) is 0 Å². The second kappa shape index (κ2) is 6.48. The van der Waals surface area contributed by atoms with Crippen LogP contribution in [0.15, 0.2) is 24.3 Å². The van der Waals surface area contributed by atoms with Gasteiger partial charge >= 0.3 is 0 Å². The molecule has 2 atom stereocenters. The van der Waals surface area contributed by atoms with Gasteiger partial charge in [-0.05, 0) is 19.3 Å². The van der Waals surface area contributed by atoms with Crippen LogP contribution in [-0.4, -0.2) is 55.2 Å². The number of nitrogens with zero attached hydrogens (tertiary/aromatic N) is 1. The van der Waals surface area contributed by atoms with Gasteiger partial charge < -0.3 is 14.6 Å². The predicted octanol–water partition coefficient (Wildman–Crippen LogP) is 1.32. The summed E-state index contributed by atoms with van der Waals surface area (Å²) in [5.74, 6) is 0. The van der Waals surface area contributed by atoms with Gasteiger partial charge in [-0.15, -0.1) is 0 Å². The molecule has 0 spiro atoms. The zero-order chi connectivity index (χ0) is 12.8. The fraction of sp³-hybridized carbons (Fsp3) is 0.714. The standard InChI is InChI=1S/C14H23NO3/c1-17-12-18-13-5-9-15(11-13)14(8-10-16)6-3-2-4-7-14/h2-4,6,13,16H,5,7-12H2,1H3/t13-,14-/m0/s1. The quantitative estimate of drug-likeness (QED) is 0.725. The number of hydrogen-bond acceptors (Lipinski definition) is 4. The van der Waals surface area contributed by atoms with Crippen LogP contribution in [0.2, 0.25) is 0 Å². The molecule has 18 heavy (non-hydrogen) atoms. The highest BCUT2D eigenvalue weighted by Crippen LogP contribution is 2.32. The molecule has 0 saturated carbocycles. The fourth-order valence-corrected chi connectivity index (χ4v) is 2.86. The SMILES string of the molecule is COCO[C@H]1CCN([C@@]2(CCO)C=CC=CC2)C1. The Morgan fingerprint density at radius 1 is 1.44 bits per heavy atom. The third kappa shape index (κ3) is 3.01. The summed E-state index contributed by atoms with van der Waals surface area (Å²) in [5.41, 5.74) is -0.0192. The Morgan fingerprint density at radius 2 is 2.33 bits per heavy atom. The van der Waals surface area contributed by atoms with Crippen molar-refractivity contribution in [2.45, 2.75) is 30.9 Å². The Kier molecular flexibility index (Phi) is 4.95. The summed E-state index contributed by atoms with van der Waals surface area (Å²) >= 11 is 0. The Bertz CT molecular complexity index is 316. The summed E-state index contributed by atoms with van der Waals surface area (Å²) in [5, 5.41) is 9.32. The van der Waals surface area contributed by atoms with Crippen molar-refractivity contribution in [3.63, 3.8) is 0 Å². The molecule has 0 amide bonds. The van der Waals surface area contributed by atoms with Gasteiger partial charge in [0.2, 0.25) is 0 Å². The largest absolute Gasteiger partial charge is 0.396 e. The van der Waals surface area contributed by atoms with E-state index in [4.69, 9.17) is 9.47 Å². The molecule has 1 saturated heterocycles. The summed E-state index contributed by atoms with van der Waals surface area (Å²) in [7, 11) is 1.65. The maximum atomic E-state index is 9.32. The summed E-state index contributed by atoms with van der Waals surface area (Å²) in [6.07, 6.45) is 11.6. The minimum Gasteiger partial charge on any atom is -0.396 e. The van der Waals surface area contributed by atoms with Crippen molar-refractivity contribution in [3.05, 3.63) is 24.3 Å². The number of aliphatic hydroxyl groups excluding tert-OH is 1. The summed E-state index contributed by atoms with van der Waals surface area (Å²) in [4.78, 5) is 2.43. The second-order valence-electron chi connectivity index (χ2n) is 5.00. The Balaban J connectivity index is 1.96. The van der Waals surface area contributed by atoms with Crippen LogP contribution in [0, 0.1) is 0 Å². The Labute approximate surface area is 109 Å². The molecular weight excluding hydrogens is 230 g/mol. The summed E-state index contributed by atoms with van der Waals surface area (Å²) in [6, 6.07) is 0. The predicted molar refractivity (Wildman–Crippen MR) is 70.3 cm³/mol. The zero-order valence-corrected chi connectivity index (χ0v) is 11.0. The molecule has 1 fully saturated rings. The van der Waals surface area contributed by atoms with Gasteiger partial charge in [0.15, 0.2) is 0 Å². The molecule has 2 aliphatic rings. The number of likely N-dealkylation sites (tertiary alicyclic amines) is 1. The molecule has 4 heteroatoms. The summed E-state index contributed by atoms with van der Waals surface area (Å²) in [6.45, 7) is 2.52. The summed E-state index contributed by atoms with van der Waals surface area (Å²) < 4.78 is 10.6. The van der Waals surface area contributed by atoms with E-state index in [2.05, 4.69) is 29.2 Å². The molecule has 0 aromatic rings. The monoisotopic (exact) mass is 253 g/mol. The van der Waals surface area contributed by atoms with Crippen molar-refractivity contribution in [1.29, 1.82) is 0 Å². The minimum atomic E-state index is -0.0192. The number of allylic oxidation sites excluding steroid dienone is 2. The number of ether oxygens (including phenoxy) is 2. The normalized spacial score (nSPS) is 32.2. The molecule has 0 aromatic carbocycles. The van der Waals surface area contributed by atoms with E-state index in [1.165, 1.54) is 0 Å². The molecule has 102 valence electrons. The van der Waals surface area contributed by atoms with Crippen LogP contribution in [0.4, 0.5) is 0 Å². The van der Waals surface area contributed by atoms with Crippen LogP contribution < -0.4 is 0 Å². The lowest BCUT2D eigenvalue weighted by Gasteiger charge is -2.40. The molecule has 0 aromatic heterocycles. The Morgan fingerprint density at radius 3 is 3.00 bits per heavy atom. The van der Waals surface area contributed by atoms with Crippen molar-refractivity contribution in [3.8, 4) is 0 Å². The zero-order valence-electron chi connectivity index (χ0n) is 11.0. The van der Waals surface area contributed by atoms with Crippen LogP contribution in [0.25, 0.3) is 0 Å². The molecule has 1 N–H and O–H groups in total. The van der Waals surface area contributed by atoms with E-state index in [1.54, 1.807) is 7.11 Å². The van der Waals surface area contributed by atoms with Crippen LogP contribution >= 0.6 is 0 Å². The number of methoxy groups -OCH3 is 1. The first-order chi connectivity index (χ1) is 8.80. The first kappa shape index (κ1) is 13.7. The topological polar surface area (TPSA) is 41.9 Å². The highest BCUT2D eigenvalue weighted by Gasteiger charge is 2.38. The van der Waals surface area contributed by atoms with E-state index in [0.717, 1.165) is 32.4 Å². The molecular formula is C14H23NO3. The van der Waals surface area contributed by atoms with Gasteiger partial charge in [-0.25, -0.2) is 0 Å². The van der Waals surface area contributed by atoms with E-state index in [0.29, 0.717) is 6.79 Å². The Hall–Kier alpha value is -0.680. The lowest BCUT2D eigenvalue weighted by Crippen LogP contribution is -2.47. The van der Waals surface area contributed by atoms with E-state index >= 15 is 0 Å². The molecule has 1 aliphatic carbocycles. The molecule has 2 rings (SSSR count). The second-order valence-corrected chi connectivity index (χ2v) is 5.00. The third-order valence-corrected chi connectivity index (χ3v) is 3.87. The molecule has 4 nitrogen and oxygen atoms in total. The van der Waals surface area contributed by atoms with Gasteiger partial charge in [0.1, 0.15) is 6.79 Å². The van der Waals surface area contributed by atoms with Gasteiger partial charge in [-0.3, -0.25) is 4.90 Å². The van der Waals surface area contributed by atoms with Gasteiger partial charge in [0.05, 0.1) is 6.10 Å². The molecule has 1 heterocycles. The van der Waals surface area contributed by atoms with Crippen LogP contribution in [-0.2, 0) is 9.47 Å². The van der Waals surface area contributed by atoms with Gasteiger partial charge in [-0.1, -0.05) is 24.3 Å². The van der Waals surface area contributed by atoms with Crippen LogP contribution in [0.1, 0.15) is 19.3 Å². The van der Waals surface area contributed by atoms with E-state index < -0.39 is 0 Å². The van der Waals surface area contributed by atoms with Gasteiger partial charge in [0, 0.05) is 32.3 Å². The van der Waals surface area contributed by atoms with E-state index in [9.17, 15) is 5.11 Å². The number of rotatable bonds is 6. The molecule has 0 bridgehead atoms. The maximum absolute atomic E-state index is 9.32. The minimum absolute atomic E-state index is 0.0192. The average molecular weight is 253 g/mol. The smallest absolute Gasteiger partial charge is 0.146 e. The highest BCUT2D eigenvalue weighted by molar-refractivity contribution is 5.22. The lowest BCUT2D eigenvalue weighted by atomic mass is 9.86. The van der Waals surface area contributed by atoms with Gasteiger partial charge in [-0.2, -0.15) is 0 Å². The molecule has 1 aliphatic heterocycles. The van der Waals surface area contributed by atoms with E-state index in [1.807, 2.05) is 0 Å². The maximum Gasteiger partial charge on any atom is 0.146 e. The van der Waals surface area contributed by atoms with Crippen LogP contribution in [0.3, 0.4) is 0 Å². The fourth-order valence-electron chi connectivity index (χ4n) is 2.86. The van der Waals surface area contributed by atoms with Crippen molar-refractivity contribution in [2.24, 2.45) is 0 Å². The first-order valence-electron chi connectivity index (χ1n) is 6.61. The van der Waals surface area contributed by atoms with Gasteiger partial charge in [0.25, 0.3) is 0 Å². The number of hydrogen-bond donors (Lipinski definition) is 1. The van der Waals surface area contributed by atoms with Crippen molar-refractivity contribution in [2.75, 3.05) is 33.6 Å².